The van der Waals surface area contributed by atoms with Crippen LogP contribution in [0.25, 0.3) is 0 Å². The van der Waals surface area contributed by atoms with Crippen LogP contribution in [0, 0.1) is 0 Å². The Hall–Kier alpha value is -1.12. The fourth-order valence-corrected chi connectivity index (χ4v) is 3.47. The number of aryl methyl sites for hydroxylation is 1. The van der Waals surface area contributed by atoms with Crippen LogP contribution in [0.15, 0.2) is 11.1 Å². The Bertz CT molecular complexity index is 525. The highest BCUT2D eigenvalue weighted by atomic mass is 32.2. The molecular formula is C10H18N4O3S. The molecule has 2 atom stereocenters. The number of anilines is 1. The zero-order chi connectivity index (χ0) is 13.3. The molecule has 1 aromatic rings. The maximum atomic E-state index is 12.2. The van der Waals surface area contributed by atoms with Gasteiger partial charge in [0.15, 0.2) is 5.82 Å². The molecule has 3 N–H and O–H groups in total. The Morgan fingerprint density at radius 1 is 1.61 bits per heavy atom. The lowest BCUT2D eigenvalue weighted by atomic mass is 10.1. The lowest BCUT2D eigenvalue weighted by Crippen LogP contribution is -2.41. The number of hydrogen-bond donors (Lipinski definition) is 2. The summed E-state index contributed by atoms with van der Waals surface area (Å²) in [6.45, 7) is 2.50. The van der Waals surface area contributed by atoms with E-state index in [1.807, 2.05) is 6.92 Å². The third-order valence-electron chi connectivity index (χ3n) is 2.92. The molecule has 18 heavy (non-hydrogen) atoms. The van der Waals surface area contributed by atoms with Crippen LogP contribution in [0.1, 0.15) is 19.8 Å². The molecule has 0 bridgehead atoms. The van der Waals surface area contributed by atoms with Gasteiger partial charge in [-0.2, -0.15) is 5.10 Å². The van der Waals surface area contributed by atoms with Crippen molar-refractivity contribution in [3.63, 3.8) is 0 Å². The zero-order valence-electron chi connectivity index (χ0n) is 10.5. The van der Waals surface area contributed by atoms with Gasteiger partial charge in [-0.25, -0.2) is 13.1 Å². The molecule has 2 rings (SSSR count). The second kappa shape index (κ2) is 4.87. The molecule has 0 saturated carbocycles. The van der Waals surface area contributed by atoms with Gasteiger partial charge in [-0.1, -0.05) is 0 Å². The molecule has 0 amide bonds. The quantitative estimate of drug-likeness (QED) is 0.798. The van der Waals surface area contributed by atoms with E-state index < -0.39 is 10.0 Å². The van der Waals surface area contributed by atoms with Gasteiger partial charge in [-0.3, -0.25) is 4.68 Å². The molecule has 8 heteroatoms. The molecule has 2 heterocycles. The number of sulfonamides is 1. The SMILES string of the molecule is CC1CC(NS(=O)(=O)c2cn(C)nc2N)CCO1. The van der Waals surface area contributed by atoms with Crippen molar-refractivity contribution in [2.45, 2.75) is 36.8 Å². The van der Waals surface area contributed by atoms with Crippen molar-refractivity contribution in [3.05, 3.63) is 6.20 Å². The first-order valence-corrected chi connectivity index (χ1v) is 7.30. The van der Waals surface area contributed by atoms with E-state index in [2.05, 4.69) is 9.82 Å². The molecule has 1 fully saturated rings. The van der Waals surface area contributed by atoms with Crippen LogP contribution in [0.4, 0.5) is 5.82 Å². The fourth-order valence-electron chi connectivity index (χ4n) is 2.08. The van der Waals surface area contributed by atoms with Crippen molar-refractivity contribution in [1.82, 2.24) is 14.5 Å². The van der Waals surface area contributed by atoms with Gasteiger partial charge in [0.2, 0.25) is 10.0 Å². The smallest absolute Gasteiger partial charge is 0.246 e. The van der Waals surface area contributed by atoms with Gasteiger partial charge in [0.05, 0.1) is 6.10 Å². The summed E-state index contributed by atoms with van der Waals surface area (Å²) in [4.78, 5) is 0.0316. The highest BCUT2D eigenvalue weighted by molar-refractivity contribution is 7.89. The van der Waals surface area contributed by atoms with Crippen LogP contribution in [0.5, 0.6) is 0 Å². The number of rotatable bonds is 3. The Kier molecular flexibility index (Phi) is 3.60. The number of nitrogens with zero attached hydrogens (tertiary/aromatic N) is 2. The first-order valence-electron chi connectivity index (χ1n) is 5.81. The summed E-state index contributed by atoms with van der Waals surface area (Å²) in [7, 11) is -1.98. The number of aromatic nitrogens is 2. The van der Waals surface area contributed by atoms with E-state index >= 15 is 0 Å². The molecular weight excluding hydrogens is 256 g/mol. The van der Waals surface area contributed by atoms with Gasteiger partial charge in [0.25, 0.3) is 0 Å². The third-order valence-corrected chi connectivity index (χ3v) is 4.46. The van der Waals surface area contributed by atoms with E-state index in [1.165, 1.54) is 10.9 Å². The number of nitrogens with two attached hydrogens (primary N) is 1. The lowest BCUT2D eigenvalue weighted by Gasteiger charge is -2.27. The van der Waals surface area contributed by atoms with Crippen molar-refractivity contribution in [2.75, 3.05) is 12.3 Å². The first-order chi connectivity index (χ1) is 8.38. The Morgan fingerprint density at radius 3 is 2.89 bits per heavy atom. The summed E-state index contributed by atoms with van der Waals surface area (Å²) < 4.78 is 33.7. The van der Waals surface area contributed by atoms with E-state index in [9.17, 15) is 8.42 Å². The average molecular weight is 274 g/mol. The maximum Gasteiger partial charge on any atom is 0.246 e. The van der Waals surface area contributed by atoms with Crippen LogP contribution >= 0.6 is 0 Å². The predicted molar refractivity (Wildman–Crippen MR) is 66.4 cm³/mol. The van der Waals surface area contributed by atoms with Crippen LogP contribution in [0.2, 0.25) is 0 Å². The topological polar surface area (TPSA) is 99.2 Å². The van der Waals surface area contributed by atoms with Crippen molar-refractivity contribution < 1.29 is 13.2 Å². The molecule has 0 aromatic carbocycles. The summed E-state index contributed by atoms with van der Waals surface area (Å²) in [6.07, 6.45) is 2.81. The standard InChI is InChI=1S/C10H18N4O3S/c1-7-5-8(3-4-17-7)13-18(15,16)9-6-14(2)12-10(9)11/h6-8,13H,3-5H2,1-2H3,(H2,11,12). The summed E-state index contributed by atoms with van der Waals surface area (Å²) in [5.41, 5.74) is 5.58. The first kappa shape index (κ1) is 13.3. The number of ether oxygens (including phenoxy) is 1. The van der Waals surface area contributed by atoms with Crippen LogP contribution in [-0.2, 0) is 21.8 Å². The molecule has 1 saturated heterocycles. The highest BCUT2D eigenvalue weighted by Gasteiger charge is 2.27. The molecule has 0 radical (unpaired) electrons. The number of hydrogen-bond acceptors (Lipinski definition) is 5. The molecule has 2 unspecified atom stereocenters. The minimum absolute atomic E-state index is 0.0186. The highest BCUT2D eigenvalue weighted by Crippen LogP contribution is 2.19. The monoisotopic (exact) mass is 274 g/mol. The molecule has 1 aliphatic rings. The second-order valence-electron chi connectivity index (χ2n) is 4.58. The van der Waals surface area contributed by atoms with E-state index in [0.717, 1.165) is 0 Å². The van der Waals surface area contributed by atoms with E-state index in [1.54, 1.807) is 7.05 Å². The Balaban J connectivity index is 2.14. The number of nitrogens with one attached hydrogen (secondary N) is 1. The van der Waals surface area contributed by atoms with Crippen molar-refractivity contribution in [2.24, 2.45) is 7.05 Å². The van der Waals surface area contributed by atoms with Crippen LogP contribution < -0.4 is 10.5 Å². The van der Waals surface area contributed by atoms with Gasteiger partial charge >= 0.3 is 0 Å². The Morgan fingerprint density at radius 2 is 2.33 bits per heavy atom. The minimum Gasteiger partial charge on any atom is -0.381 e. The van der Waals surface area contributed by atoms with Gasteiger partial charge in [-0.15, -0.1) is 0 Å². The molecule has 0 spiro atoms. The van der Waals surface area contributed by atoms with E-state index in [0.29, 0.717) is 19.4 Å². The van der Waals surface area contributed by atoms with Crippen molar-refractivity contribution in [1.29, 1.82) is 0 Å². The second-order valence-corrected chi connectivity index (χ2v) is 6.26. The van der Waals surface area contributed by atoms with Gasteiger partial charge in [0, 0.05) is 25.9 Å². The molecule has 1 aliphatic heterocycles. The van der Waals surface area contributed by atoms with Gasteiger partial charge in [0.1, 0.15) is 4.90 Å². The largest absolute Gasteiger partial charge is 0.381 e. The summed E-state index contributed by atoms with van der Waals surface area (Å²) in [5, 5.41) is 3.84. The molecule has 0 aliphatic carbocycles. The van der Waals surface area contributed by atoms with Crippen molar-refractivity contribution in [3.8, 4) is 0 Å². The molecule has 1 aromatic heterocycles. The third kappa shape index (κ3) is 2.82. The number of nitrogen functional groups attached to an aromatic ring is 1. The predicted octanol–water partition coefficient (Wildman–Crippen LogP) is -0.152. The zero-order valence-corrected chi connectivity index (χ0v) is 11.3. The van der Waals surface area contributed by atoms with Gasteiger partial charge < -0.3 is 10.5 Å². The average Bonchev–Trinajstić information content (AvgIpc) is 2.58. The Labute approximate surface area is 106 Å². The van der Waals surface area contributed by atoms with Crippen LogP contribution in [0.3, 0.4) is 0 Å². The normalized spacial score (nSPS) is 25.2. The lowest BCUT2D eigenvalue weighted by molar-refractivity contribution is 0.0173. The van der Waals surface area contributed by atoms with E-state index in [-0.39, 0.29) is 22.9 Å². The summed E-state index contributed by atoms with van der Waals surface area (Å²) >= 11 is 0. The minimum atomic E-state index is -3.61. The van der Waals surface area contributed by atoms with Crippen LogP contribution in [-0.4, -0.2) is 37.0 Å². The molecule has 7 nitrogen and oxygen atoms in total. The van der Waals surface area contributed by atoms with Crippen molar-refractivity contribution >= 4 is 15.8 Å². The fraction of sp³-hybridized carbons (Fsp3) is 0.700. The van der Waals surface area contributed by atoms with Gasteiger partial charge in [-0.05, 0) is 19.8 Å². The summed E-state index contributed by atoms with van der Waals surface area (Å²) in [5.74, 6) is 0.0186. The summed E-state index contributed by atoms with van der Waals surface area (Å²) in [6, 6.07) is -0.113. The molecule has 102 valence electrons. The van der Waals surface area contributed by atoms with E-state index in [4.69, 9.17) is 10.5 Å². The maximum absolute atomic E-state index is 12.2.